The van der Waals surface area contributed by atoms with E-state index in [1.807, 2.05) is 38.1 Å². The zero-order valence-electron chi connectivity index (χ0n) is 14.4. The molecule has 1 aromatic carbocycles. The third-order valence-electron chi connectivity index (χ3n) is 4.89. The fraction of sp³-hybridized carbons (Fsp3) is 0.556. The molecular weight excluding hydrogens is 306 g/mol. The van der Waals surface area contributed by atoms with Crippen molar-refractivity contribution in [3.63, 3.8) is 0 Å². The van der Waals surface area contributed by atoms with E-state index in [0.717, 1.165) is 11.3 Å². The first-order chi connectivity index (χ1) is 11.5. The molecule has 24 heavy (non-hydrogen) atoms. The third kappa shape index (κ3) is 3.11. The summed E-state index contributed by atoms with van der Waals surface area (Å²) in [5.41, 5.74) is 1.07. The molecule has 0 aromatic heterocycles. The summed E-state index contributed by atoms with van der Waals surface area (Å²) in [6.45, 7) is 5.14. The molecule has 2 N–H and O–H groups in total. The van der Waals surface area contributed by atoms with E-state index in [1.165, 1.54) is 0 Å². The highest BCUT2D eigenvalue weighted by molar-refractivity contribution is 5.97. The lowest BCUT2D eigenvalue weighted by molar-refractivity contribution is -0.148. The number of fused-ring (bicyclic) bond motifs is 1. The monoisotopic (exact) mass is 331 g/mol. The molecule has 0 saturated carbocycles. The summed E-state index contributed by atoms with van der Waals surface area (Å²) in [5, 5.41) is 6.33. The predicted octanol–water partition coefficient (Wildman–Crippen LogP) is 0.909. The SMILES string of the molecule is COc1ccccc1CN[C@H]1C[C@H]2C(=O)N[C@H](C(C)C)C(=O)N2C1. The number of carbonyl (C=O) groups excluding carboxylic acids is 2. The number of carbonyl (C=O) groups is 2. The lowest BCUT2D eigenvalue weighted by atomic mass is 9.98. The second-order valence-corrected chi connectivity index (χ2v) is 6.86. The summed E-state index contributed by atoms with van der Waals surface area (Å²) in [6.07, 6.45) is 0.650. The van der Waals surface area contributed by atoms with Gasteiger partial charge in [-0.1, -0.05) is 32.0 Å². The predicted molar refractivity (Wildman–Crippen MR) is 90.5 cm³/mol. The van der Waals surface area contributed by atoms with Gasteiger partial charge in [-0.3, -0.25) is 9.59 Å². The van der Waals surface area contributed by atoms with Gasteiger partial charge in [0, 0.05) is 24.7 Å². The highest BCUT2D eigenvalue weighted by Gasteiger charge is 2.46. The average molecular weight is 331 g/mol. The molecule has 0 radical (unpaired) electrons. The van der Waals surface area contributed by atoms with Crippen LogP contribution < -0.4 is 15.4 Å². The molecule has 3 atom stereocenters. The van der Waals surface area contributed by atoms with Crippen LogP contribution in [0.2, 0.25) is 0 Å². The van der Waals surface area contributed by atoms with Gasteiger partial charge in [0.1, 0.15) is 17.8 Å². The fourth-order valence-electron chi connectivity index (χ4n) is 3.52. The van der Waals surface area contributed by atoms with Crippen LogP contribution in [-0.4, -0.2) is 48.5 Å². The van der Waals surface area contributed by atoms with Gasteiger partial charge in [0.05, 0.1) is 7.11 Å². The molecule has 6 nitrogen and oxygen atoms in total. The van der Waals surface area contributed by atoms with Crippen molar-refractivity contribution < 1.29 is 14.3 Å². The minimum atomic E-state index is -0.401. The maximum atomic E-state index is 12.6. The van der Waals surface area contributed by atoms with Crippen LogP contribution in [0.1, 0.15) is 25.8 Å². The third-order valence-corrected chi connectivity index (χ3v) is 4.89. The Balaban J connectivity index is 1.64. The Morgan fingerprint density at radius 3 is 2.79 bits per heavy atom. The van der Waals surface area contributed by atoms with Crippen molar-refractivity contribution >= 4 is 11.8 Å². The number of benzene rings is 1. The lowest BCUT2D eigenvalue weighted by Crippen LogP contribution is -2.62. The van der Waals surface area contributed by atoms with E-state index in [2.05, 4.69) is 10.6 Å². The van der Waals surface area contributed by atoms with Crippen molar-refractivity contribution in [3.05, 3.63) is 29.8 Å². The molecule has 2 aliphatic rings. The second kappa shape index (κ2) is 6.81. The minimum Gasteiger partial charge on any atom is -0.496 e. The van der Waals surface area contributed by atoms with Crippen molar-refractivity contribution in [2.75, 3.05) is 13.7 Å². The number of piperazine rings is 1. The van der Waals surface area contributed by atoms with Crippen LogP contribution in [0.5, 0.6) is 5.75 Å². The first-order valence-electron chi connectivity index (χ1n) is 8.47. The lowest BCUT2D eigenvalue weighted by Gasteiger charge is -2.36. The van der Waals surface area contributed by atoms with E-state index in [-0.39, 0.29) is 29.8 Å². The van der Waals surface area contributed by atoms with Gasteiger partial charge >= 0.3 is 0 Å². The first-order valence-corrected chi connectivity index (χ1v) is 8.47. The molecule has 2 heterocycles. The summed E-state index contributed by atoms with van der Waals surface area (Å²) >= 11 is 0. The maximum Gasteiger partial charge on any atom is 0.246 e. The van der Waals surface area contributed by atoms with Gasteiger partial charge in [0.25, 0.3) is 0 Å². The van der Waals surface area contributed by atoms with Crippen LogP contribution in [0.15, 0.2) is 24.3 Å². The molecule has 2 aliphatic heterocycles. The number of rotatable bonds is 5. The fourth-order valence-corrected chi connectivity index (χ4v) is 3.52. The molecule has 0 bridgehead atoms. The van der Waals surface area contributed by atoms with Gasteiger partial charge in [0.2, 0.25) is 11.8 Å². The number of methoxy groups -OCH3 is 1. The molecule has 0 spiro atoms. The molecule has 6 heteroatoms. The highest BCUT2D eigenvalue weighted by atomic mass is 16.5. The van der Waals surface area contributed by atoms with E-state index >= 15 is 0 Å². The molecular formula is C18H25N3O3. The zero-order chi connectivity index (χ0) is 17.3. The summed E-state index contributed by atoms with van der Waals surface area (Å²) < 4.78 is 5.36. The highest BCUT2D eigenvalue weighted by Crippen LogP contribution is 2.25. The minimum absolute atomic E-state index is 0.0325. The van der Waals surface area contributed by atoms with E-state index < -0.39 is 6.04 Å². The molecule has 0 unspecified atom stereocenters. The van der Waals surface area contributed by atoms with E-state index in [9.17, 15) is 9.59 Å². The van der Waals surface area contributed by atoms with Gasteiger partial charge in [-0.05, 0) is 18.4 Å². The topological polar surface area (TPSA) is 70.7 Å². The van der Waals surface area contributed by atoms with Crippen molar-refractivity contribution in [3.8, 4) is 5.75 Å². The van der Waals surface area contributed by atoms with Gasteiger partial charge in [-0.25, -0.2) is 0 Å². The van der Waals surface area contributed by atoms with Crippen LogP contribution in [-0.2, 0) is 16.1 Å². The van der Waals surface area contributed by atoms with Crippen LogP contribution in [0, 0.1) is 5.92 Å². The summed E-state index contributed by atoms with van der Waals surface area (Å²) in [5.74, 6) is 0.948. The normalized spacial score (nSPS) is 26.5. The number of nitrogens with one attached hydrogen (secondary N) is 2. The van der Waals surface area contributed by atoms with Crippen LogP contribution in [0.3, 0.4) is 0 Å². The van der Waals surface area contributed by atoms with Crippen molar-refractivity contribution in [2.24, 2.45) is 5.92 Å². The Bertz CT molecular complexity index is 632. The Morgan fingerprint density at radius 1 is 1.33 bits per heavy atom. The Kier molecular flexibility index (Phi) is 4.76. The number of amides is 2. The summed E-state index contributed by atoms with van der Waals surface area (Å²) in [7, 11) is 1.66. The largest absolute Gasteiger partial charge is 0.496 e. The van der Waals surface area contributed by atoms with Crippen molar-refractivity contribution in [1.29, 1.82) is 0 Å². The van der Waals surface area contributed by atoms with Crippen molar-refractivity contribution in [2.45, 2.75) is 44.9 Å². The molecule has 1 aromatic rings. The molecule has 2 amide bonds. The average Bonchev–Trinajstić information content (AvgIpc) is 3.01. The first kappa shape index (κ1) is 16.8. The Hall–Kier alpha value is -2.08. The summed E-state index contributed by atoms with van der Waals surface area (Å²) in [6, 6.07) is 7.22. The van der Waals surface area contributed by atoms with Crippen LogP contribution in [0.25, 0.3) is 0 Å². The Labute approximate surface area is 142 Å². The second-order valence-electron chi connectivity index (χ2n) is 6.86. The number of para-hydroxylation sites is 1. The van der Waals surface area contributed by atoms with Gasteiger partial charge in [-0.2, -0.15) is 0 Å². The van der Waals surface area contributed by atoms with Gasteiger partial charge in [0.15, 0.2) is 0 Å². The molecule has 130 valence electrons. The van der Waals surface area contributed by atoms with Crippen LogP contribution in [0.4, 0.5) is 0 Å². The number of hydrogen-bond donors (Lipinski definition) is 2. The molecule has 0 aliphatic carbocycles. The Morgan fingerprint density at radius 2 is 2.08 bits per heavy atom. The van der Waals surface area contributed by atoms with Gasteiger partial charge < -0.3 is 20.3 Å². The quantitative estimate of drug-likeness (QED) is 0.841. The van der Waals surface area contributed by atoms with Gasteiger partial charge in [-0.15, -0.1) is 0 Å². The molecule has 2 saturated heterocycles. The molecule has 3 rings (SSSR count). The number of ether oxygens (including phenoxy) is 1. The number of nitrogens with zero attached hydrogens (tertiary/aromatic N) is 1. The van der Waals surface area contributed by atoms with E-state index in [1.54, 1.807) is 12.0 Å². The van der Waals surface area contributed by atoms with E-state index in [0.29, 0.717) is 19.5 Å². The van der Waals surface area contributed by atoms with Crippen LogP contribution >= 0.6 is 0 Å². The van der Waals surface area contributed by atoms with Crippen molar-refractivity contribution in [1.82, 2.24) is 15.5 Å². The molecule has 2 fully saturated rings. The van der Waals surface area contributed by atoms with E-state index in [4.69, 9.17) is 4.74 Å². The zero-order valence-corrected chi connectivity index (χ0v) is 14.4. The summed E-state index contributed by atoms with van der Waals surface area (Å²) in [4.78, 5) is 26.6. The standard InChI is InChI=1S/C18H25N3O3/c1-11(2)16-18(23)21-10-13(8-14(21)17(22)20-16)19-9-12-6-4-5-7-15(12)24-3/h4-7,11,13-14,16,19H,8-10H2,1-3H3,(H,20,22)/t13-,14-,16+/m0/s1. The number of hydrogen-bond acceptors (Lipinski definition) is 4. The smallest absolute Gasteiger partial charge is 0.246 e. The maximum absolute atomic E-state index is 12.6.